The van der Waals surface area contributed by atoms with Gasteiger partial charge in [0.05, 0.1) is 27.6 Å². The highest BCUT2D eigenvalue weighted by Crippen LogP contribution is 2.25. The third-order valence-electron chi connectivity index (χ3n) is 5.39. The van der Waals surface area contributed by atoms with Gasteiger partial charge in [0.1, 0.15) is 0 Å². The molecule has 0 aliphatic heterocycles. The van der Waals surface area contributed by atoms with Gasteiger partial charge in [-0.1, -0.05) is 18.2 Å². The quantitative estimate of drug-likeness (QED) is 0.400. The largest absolute Gasteiger partial charge is 0.256 e. The number of fused-ring (bicyclic) bond motifs is 3. The molecular formula is C26H17N5. The van der Waals surface area contributed by atoms with Crippen LogP contribution in [-0.2, 0) is 6.42 Å². The Kier molecular flexibility index (Phi) is 4.10. The average Bonchev–Trinajstić information content (AvgIpc) is 2.83. The fourth-order valence-corrected chi connectivity index (χ4v) is 3.82. The second-order valence-electron chi connectivity index (χ2n) is 7.50. The molecule has 31 heavy (non-hydrogen) atoms. The van der Waals surface area contributed by atoms with Crippen molar-refractivity contribution in [2.24, 2.45) is 0 Å². The van der Waals surface area contributed by atoms with Crippen LogP contribution in [0.2, 0.25) is 0 Å². The molecule has 5 aromatic heterocycles. The van der Waals surface area contributed by atoms with E-state index in [1.54, 1.807) is 6.20 Å². The summed E-state index contributed by atoms with van der Waals surface area (Å²) >= 11 is 0. The van der Waals surface area contributed by atoms with Gasteiger partial charge in [0.2, 0.25) is 0 Å². The maximum atomic E-state index is 4.86. The number of hydrogen-bond donors (Lipinski definition) is 0. The molecule has 0 amide bonds. The monoisotopic (exact) mass is 399 g/mol. The van der Waals surface area contributed by atoms with Crippen LogP contribution in [0.1, 0.15) is 11.4 Å². The van der Waals surface area contributed by atoms with Gasteiger partial charge in [-0.2, -0.15) is 0 Å². The van der Waals surface area contributed by atoms with Gasteiger partial charge in [-0.05, 0) is 54.6 Å². The van der Waals surface area contributed by atoms with Gasteiger partial charge in [0.15, 0.2) is 0 Å². The van der Waals surface area contributed by atoms with Gasteiger partial charge in [0, 0.05) is 52.9 Å². The fraction of sp³-hybridized carbons (Fsp3) is 0.0385. The molecule has 0 aliphatic rings. The Morgan fingerprint density at radius 2 is 1.19 bits per heavy atom. The van der Waals surface area contributed by atoms with Crippen molar-refractivity contribution in [3.63, 3.8) is 0 Å². The summed E-state index contributed by atoms with van der Waals surface area (Å²) in [7, 11) is 0. The van der Waals surface area contributed by atoms with Crippen molar-refractivity contribution in [3.8, 4) is 11.1 Å². The molecule has 0 atom stereocenters. The molecule has 6 rings (SSSR count). The molecule has 0 spiro atoms. The summed E-state index contributed by atoms with van der Waals surface area (Å²) in [5.74, 6) is 0. The molecular weight excluding hydrogens is 382 g/mol. The molecule has 0 saturated heterocycles. The van der Waals surface area contributed by atoms with Crippen molar-refractivity contribution in [1.82, 2.24) is 24.9 Å². The molecule has 0 unspecified atom stereocenters. The first-order chi connectivity index (χ1) is 15.3. The number of benzene rings is 1. The first kappa shape index (κ1) is 17.6. The van der Waals surface area contributed by atoms with E-state index in [0.29, 0.717) is 6.42 Å². The lowest BCUT2D eigenvalue weighted by molar-refractivity contribution is 1.04. The van der Waals surface area contributed by atoms with E-state index in [-0.39, 0.29) is 0 Å². The summed E-state index contributed by atoms with van der Waals surface area (Å²) < 4.78 is 0. The van der Waals surface area contributed by atoms with E-state index in [0.717, 1.165) is 55.5 Å². The van der Waals surface area contributed by atoms with Gasteiger partial charge >= 0.3 is 0 Å². The van der Waals surface area contributed by atoms with Crippen molar-refractivity contribution in [3.05, 3.63) is 103 Å². The Hall–Kier alpha value is -4.25. The second kappa shape index (κ2) is 7.22. The van der Waals surface area contributed by atoms with E-state index in [2.05, 4.69) is 33.2 Å². The van der Waals surface area contributed by atoms with Crippen molar-refractivity contribution in [1.29, 1.82) is 0 Å². The van der Waals surface area contributed by atoms with Crippen LogP contribution in [0, 0.1) is 0 Å². The summed E-state index contributed by atoms with van der Waals surface area (Å²) in [6.07, 6.45) is 6.21. The fourth-order valence-electron chi connectivity index (χ4n) is 3.82. The van der Waals surface area contributed by atoms with Crippen LogP contribution in [-0.4, -0.2) is 24.9 Å². The standard InChI is InChI=1S/C26H17N5/c1-2-5-22-17(4-1)12-18(15-28-22)19-13-26-24(29-16-19)10-8-21(31-26)14-20-7-9-23-25(30-20)6-3-11-27-23/h1-13,15-16H,14H2. The third-order valence-corrected chi connectivity index (χ3v) is 5.39. The lowest BCUT2D eigenvalue weighted by Crippen LogP contribution is -1.97. The average molecular weight is 399 g/mol. The minimum absolute atomic E-state index is 0.655. The lowest BCUT2D eigenvalue weighted by Gasteiger charge is -2.07. The zero-order valence-corrected chi connectivity index (χ0v) is 16.6. The summed E-state index contributed by atoms with van der Waals surface area (Å²) in [4.78, 5) is 23.1. The van der Waals surface area contributed by atoms with Crippen molar-refractivity contribution < 1.29 is 0 Å². The molecule has 5 heteroatoms. The molecule has 0 radical (unpaired) electrons. The van der Waals surface area contributed by atoms with Crippen LogP contribution in [0.15, 0.2) is 91.4 Å². The Balaban J connectivity index is 1.36. The summed E-state index contributed by atoms with van der Waals surface area (Å²) in [6, 6.07) is 24.3. The number of pyridine rings is 5. The van der Waals surface area contributed by atoms with Gasteiger partial charge in [-0.25, -0.2) is 0 Å². The molecule has 0 saturated carbocycles. The number of aromatic nitrogens is 5. The molecule has 6 aromatic rings. The van der Waals surface area contributed by atoms with Crippen LogP contribution >= 0.6 is 0 Å². The van der Waals surface area contributed by atoms with E-state index >= 15 is 0 Å². The molecule has 5 nitrogen and oxygen atoms in total. The minimum Gasteiger partial charge on any atom is -0.256 e. The molecule has 146 valence electrons. The highest BCUT2D eigenvalue weighted by Gasteiger charge is 2.07. The van der Waals surface area contributed by atoms with Gasteiger partial charge < -0.3 is 0 Å². The lowest BCUT2D eigenvalue weighted by atomic mass is 10.1. The van der Waals surface area contributed by atoms with Crippen molar-refractivity contribution in [2.75, 3.05) is 0 Å². The Bertz CT molecular complexity index is 1580. The van der Waals surface area contributed by atoms with Crippen LogP contribution in [0.4, 0.5) is 0 Å². The first-order valence-electron chi connectivity index (χ1n) is 10.1. The minimum atomic E-state index is 0.655. The van der Waals surface area contributed by atoms with Gasteiger partial charge in [-0.3, -0.25) is 24.9 Å². The number of para-hydroxylation sites is 1. The van der Waals surface area contributed by atoms with Gasteiger partial charge in [0.25, 0.3) is 0 Å². The van der Waals surface area contributed by atoms with Crippen LogP contribution in [0.3, 0.4) is 0 Å². The van der Waals surface area contributed by atoms with E-state index in [4.69, 9.17) is 9.97 Å². The van der Waals surface area contributed by atoms with E-state index in [1.165, 1.54) is 0 Å². The van der Waals surface area contributed by atoms with Crippen molar-refractivity contribution >= 4 is 33.0 Å². The Morgan fingerprint density at radius 3 is 2.06 bits per heavy atom. The van der Waals surface area contributed by atoms with Crippen LogP contribution < -0.4 is 0 Å². The Labute approximate surface area is 178 Å². The number of nitrogens with zero attached hydrogens (tertiary/aromatic N) is 5. The predicted molar refractivity (Wildman–Crippen MR) is 123 cm³/mol. The molecule has 0 aliphatic carbocycles. The molecule has 1 aromatic carbocycles. The van der Waals surface area contributed by atoms with Gasteiger partial charge in [-0.15, -0.1) is 0 Å². The highest BCUT2D eigenvalue weighted by molar-refractivity contribution is 5.86. The summed E-state index contributed by atoms with van der Waals surface area (Å²) in [5.41, 5.74) is 8.48. The maximum Gasteiger partial charge on any atom is 0.0896 e. The SMILES string of the molecule is c1ccc2ncc(-c3cnc4ccc(Cc5ccc6ncccc6n5)nc4c3)cc2c1. The normalized spacial score (nSPS) is 11.4. The maximum absolute atomic E-state index is 4.86. The van der Waals surface area contributed by atoms with Crippen LogP contribution in [0.25, 0.3) is 44.1 Å². The van der Waals surface area contributed by atoms with E-state index in [1.807, 2.05) is 67.0 Å². The second-order valence-corrected chi connectivity index (χ2v) is 7.50. The first-order valence-corrected chi connectivity index (χ1v) is 10.1. The zero-order valence-electron chi connectivity index (χ0n) is 16.6. The van der Waals surface area contributed by atoms with E-state index in [9.17, 15) is 0 Å². The number of rotatable bonds is 3. The van der Waals surface area contributed by atoms with Crippen LogP contribution in [0.5, 0.6) is 0 Å². The smallest absolute Gasteiger partial charge is 0.0896 e. The summed E-state index contributed by atoms with van der Waals surface area (Å²) in [5, 5.41) is 1.11. The molecule has 0 N–H and O–H groups in total. The topological polar surface area (TPSA) is 64.5 Å². The van der Waals surface area contributed by atoms with E-state index < -0.39 is 0 Å². The highest BCUT2D eigenvalue weighted by atomic mass is 14.8. The van der Waals surface area contributed by atoms with Crippen molar-refractivity contribution in [2.45, 2.75) is 6.42 Å². The Morgan fingerprint density at radius 1 is 0.516 bits per heavy atom. The molecule has 0 bridgehead atoms. The number of hydrogen-bond acceptors (Lipinski definition) is 5. The molecule has 5 heterocycles. The predicted octanol–water partition coefficient (Wildman–Crippen LogP) is 5.38. The third kappa shape index (κ3) is 3.36. The zero-order chi connectivity index (χ0) is 20.6. The molecule has 0 fully saturated rings. The summed E-state index contributed by atoms with van der Waals surface area (Å²) in [6.45, 7) is 0.